The molecule has 0 heterocycles. The predicted molar refractivity (Wildman–Crippen MR) is 68.3 cm³/mol. The lowest BCUT2D eigenvalue weighted by molar-refractivity contribution is 0.220. The van der Waals surface area contributed by atoms with Crippen LogP contribution >= 0.6 is 23.2 Å². The quantitative estimate of drug-likeness (QED) is 0.857. The smallest absolute Gasteiger partial charge is 0.311 e. The van der Waals surface area contributed by atoms with Gasteiger partial charge in [-0.1, -0.05) is 23.2 Å². The average Bonchev–Trinajstić information content (AvgIpc) is 2.24. The molecule has 1 aromatic rings. The topological polar surface area (TPSA) is 56.1 Å². The molecular formula is C11H11Cl2N3O. The van der Waals surface area contributed by atoms with Crippen molar-refractivity contribution in [2.75, 3.05) is 18.4 Å². The summed E-state index contributed by atoms with van der Waals surface area (Å²) in [7, 11) is 0. The lowest BCUT2D eigenvalue weighted by Gasteiger charge is -2.18. The van der Waals surface area contributed by atoms with Crippen molar-refractivity contribution in [1.29, 1.82) is 5.26 Å². The predicted octanol–water partition coefficient (Wildman–Crippen LogP) is 3.37. The Bertz CT molecular complexity index is 436. The third kappa shape index (κ3) is 4.14. The first-order valence-electron chi connectivity index (χ1n) is 4.95. The summed E-state index contributed by atoms with van der Waals surface area (Å²) >= 11 is 11.6. The minimum Gasteiger partial charge on any atom is -0.311 e. The van der Waals surface area contributed by atoms with Crippen LogP contribution in [0.1, 0.15) is 6.92 Å². The molecule has 0 spiro atoms. The van der Waals surface area contributed by atoms with Crippen LogP contribution in [0.4, 0.5) is 10.5 Å². The Morgan fingerprint density at radius 3 is 2.47 bits per heavy atom. The van der Waals surface area contributed by atoms with E-state index in [9.17, 15) is 4.79 Å². The summed E-state index contributed by atoms with van der Waals surface area (Å²) in [6, 6.07) is 6.32. The van der Waals surface area contributed by atoms with Crippen LogP contribution in [0.15, 0.2) is 18.2 Å². The summed E-state index contributed by atoms with van der Waals surface area (Å²) in [5.74, 6) is 0. The van der Waals surface area contributed by atoms with Crippen LogP contribution < -0.4 is 5.32 Å². The Morgan fingerprint density at radius 1 is 1.41 bits per heavy atom. The molecule has 0 atom stereocenters. The number of hydrogen-bond donors (Lipinski definition) is 1. The van der Waals surface area contributed by atoms with E-state index in [1.165, 1.54) is 4.90 Å². The Labute approximate surface area is 110 Å². The third-order valence-electron chi connectivity index (χ3n) is 2.04. The zero-order valence-corrected chi connectivity index (χ0v) is 10.7. The molecule has 4 nitrogen and oxygen atoms in total. The number of anilines is 1. The Kier molecular flexibility index (Phi) is 5.08. The molecule has 0 aliphatic heterocycles. The molecule has 6 heteroatoms. The molecule has 1 aromatic carbocycles. The van der Waals surface area contributed by atoms with E-state index in [4.69, 9.17) is 28.5 Å². The molecule has 0 saturated carbocycles. The van der Waals surface area contributed by atoms with E-state index < -0.39 is 0 Å². The summed E-state index contributed by atoms with van der Waals surface area (Å²) < 4.78 is 0. The van der Waals surface area contributed by atoms with Gasteiger partial charge in [-0.25, -0.2) is 4.79 Å². The van der Waals surface area contributed by atoms with Gasteiger partial charge in [0.15, 0.2) is 0 Å². The van der Waals surface area contributed by atoms with E-state index in [2.05, 4.69) is 5.32 Å². The van der Waals surface area contributed by atoms with Crippen molar-refractivity contribution in [3.63, 3.8) is 0 Å². The zero-order valence-electron chi connectivity index (χ0n) is 9.20. The number of hydrogen-bond acceptors (Lipinski definition) is 2. The van der Waals surface area contributed by atoms with E-state index in [1.807, 2.05) is 6.07 Å². The lowest BCUT2D eigenvalue weighted by Crippen LogP contribution is -2.35. The van der Waals surface area contributed by atoms with Gasteiger partial charge >= 0.3 is 6.03 Å². The van der Waals surface area contributed by atoms with Gasteiger partial charge in [0, 0.05) is 22.3 Å². The van der Waals surface area contributed by atoms with Gasteiger partial charge in [-0.3, -0.25) is 0 Å². The Hall–Kier alpha value is -1.44. The number of carbonyl (C=O) groups is 1. The number of amides is 2. The van der Waals surface area contributed by atoms with Gasteiger partial charge in [0.05, 0.1) is 6.07 Å². The number of nitriles is 1. The van der Waals surface area contributed by atoms with Crippen molar-refractivity contribution in [3.8, 4) is 6.07 Å². The standard InChI is InChI=1S/C11H11Cl2N3O/c1-2-16(4-3-14)11(17)15-10-6-8(12)5-9(13)7-10/h5-7H,2,4H2,1H3,(H,15,17). The maximum Gasteiger partial charge on any atom is 0.322 e. The molecule has 1 rings (SSSR count). The van der Waals surface area contributed by atoms with Crippen LogP contribution in [0.25, 0.3) is 0 Å². The average molecular weight is 272 g/mol. The number of nitrogens with one attached hydrogen (secondary N) is 1. The van der Waals surface area contributed by atoms with Crippen molar-refractivity contribution in [2.24, 2.45) is 0 Å². The van der Waals surface area contributed by atoms with E-state index in [-0.39, 0.29) is 12.6 Å². The van der Waals surface area contributed by atoms with E-state index in [0.29, 0.717) is 22.3 Å². The highest BCUT2D eigenvalue weighted by atomic mass is 35.5. The normalized spacial score (nSPS) is 9.53. The Balaban J connectivity index is 2.77. The molecule has 0 aromatic heterocycles. The van der Waals surface area contributed by atoms with Crippen LogP contribution in [-0.4, -0.2) is 24.0 Å². The SMILES string of the molecule is CCN(CC#N)C(=O)Nc1cc(Cl)cc(Cl)c1. The van der Waals surface area contributed by atoms with Crippen LogP contribution in [0.2, 0.25) is 10.0 Å². The van der Waals surface area contributed by atoms with Gasteiger partial charge in [-0.2, -0.15) is 5.26 Å². The number of nitrogens with zero attached hydrogens (tertiary/aromatic N) is 2. The number of rotatable bonds is 3. The number of benzene rings is 1. The van der Waals surface area contributed by atoms with Crippen LogP contribution in [-0.2, 0) is 0 Å². The molecule has 0 aliphatic rings. The molecule has 17 heavy (non-hydrogen) atoms. The molecule has 90 valence electrons. The van der Waals surface area contributed by atoms with Gasteiger partial charge in [-0.05, 0) is 25.1 Å². The second-order valence-corrected chi connectivity index (χ2v) is 4.13. The second-order valence-electron chi connectivity index (χ2n) is 3.26. The highest BCUT2D eigenvalue weighted by molar-refractivity contribution is 6.35. The van der Waals surface area contributed by atoms with Gasteiger partial charge < -0.3 is 10.2 Å². The number of carbonyl (C=O) groups excluding carboxylic acids is 1. The van der Waals surface area contributed by atoms with Gasteiger partial charge in [0.1, 0.15) is 6.54 Å². The second kappa shape index (κ2) is 6.33. The molecule has 0 aliphatic carbocycles. The van der Waals surface area contributed by atoms with Crippen LogP contribution in [0.3, 0.4) is 0 Å². The first kappa shape index (κ1) is 13.6. The fraction of sp³-hybridized carbons (Fsp3) is 0.273. The van der Waals surface area contributed by atoms with Crippen molar-refractivity contribution in [2.45, 2.75) is 6.92 Å². The van der Waals surface area contributed by atoms with Gasteiger partial charge in [0.2, 0.25) is 0 Å². The monoisotopic (exact) mass is 271 g/mol. The summed E-state index contributed by atoms with van der Waals surface area (Å²) in [5.41, 5.74) is 0.504. The summed E-state index contributed by atoms with van der Waals surface area (Å²) in [5, 5.41) is 12.1. The zero-order chi connectivity index (χ0) is 12.8. The lowest BCUT2D eigenvalue weighted by atomic mass is 10.3. The highest BCUT2D eigenvalue weighted by Crippen LogP contribution is 2.22. The fourth-order valence-corrected chi connectivity index (χ4v) is 1.77. The van der Waals surface area contributed by atoms with E-state index in [0.717, 1.165) is 0 Å². The summed E-state index contributed by atoms with van der Waals surface area (Å²) in [6.45, 7) is 2.28. The fourth-order valence-electron chi connectivity index (χ4n) is 1.24. The number of urea groups is 1. The molecule has 0 bridgehead atoms. The minimum atomic E-state index is -0.354. The van der Waals surface area contributed by atoms with E-state index in [1.54, 1.807) is 25.1 Å². The van der Waals surface area contributed by atoms with Crippen LogP contribution in [0, 0.1) is 11.3 Å². The number of halogens is 2. The largest absolute Gasteiger partial charge is 0.322 e. The maximum atomic E-state index is 11.7. The van der Waals surface area contributed by atoms with Crippen molar-refractivity contribution >= 4 is 34.9 Å². The first-order chi connectivity index (χ1) is 8.06. The first-order valence-corrected chi connectivity index (χ1v) is 5.71. The molecular weight excluding hydrogens is 261 g/mol. The maximum absolute atomic E-state index is 11.7. The molecule has 2 amide bonds. The minimum absolute atomic E-state index is 0.0383. The highest BCUT2D eigenvalue weighted by Gasteiger charge is 2.11. The van der Waals surface area contributed by atoms with Gasteiger partial charge in [0.25, 0.3) is 0 Å². The van der Waals surface area contributed by atoms with Crippen LogP contribution in [0.5, 0.6) is 0 Å². The third-order valence-corrected chi connectivity index (χ3v) is 2.48. The van der Waals surface area contributed by atoms with Crippen molar-refractivity contribution in [1.82, 2.24) is 4.90 Å². The summed E-state index contributed by atoms with van der Waals surface area (Å²) in [4.78, 5) is 13.1. The molecule has 0 radical (unpaired) electrons. The van der Waals surface area contributed by atoms with Crippen molar-refractivity contribution in [3.05, 3.63) is 28.2 Å². The summed E-state index contributed by atoms with van der Waals surface area (Å²) in [6.07, 6.45) is 0. The molecule has 0 fully saturated rings. The van der Waals surface area contributed by atoms with E-state index >= 15 is 0 Å². The van der Waals surface area contributed by atoms with Crippen molar-refractivity contribution < 1.29 is 4.79 Å². The molecule has 1 N–H and O–H groups in total. The molecule has 0 unspecified atom stereocenters. The van der Waals surface area contributed by atoms with Gasteiger partial charge in [-0.15, -0.1) is 0 Å². The molecule has 0 saturated heterocycles. The Morgan fingerprint density at radius 2 is 2.00 bits per heavy atom.